The molecule has 0 unspecified atom stereocenters. The molecule has 4 rings (SSSR count). The summed E-state index contributed by atoms with van der Waals surface area (Å²) < 4.78 is 10.8. The van der Waals surface area contributed by atoms with Crippen molar-refractivity contribution in [3.63, 3.8) is 0 Å². The molecule has 0 saturated heterocycles. The Balaban J connectivity index is 1.43. The molecule has 1 saturated carbocycles. The maximum Gasteiger partial charge on any atom is 0.309 e. The predicted octanol–water partition coefficient (Wildman–Crippen LogP) is 5.77. The molecule has 2 aromatic carbocycles. The number of hydrazone groups is 1. The average Bonchev–Trinajstić information content (AvgIpc) is 3.33. The minimum Gasteiger partial charge on any atom is -0.497 e. The van der Waals surface area contributed by atoms with Gasteiger partial charge in [-0.15, -0.1) is 0 Å². The van der Waals surface area contributed by atoms with Crippen molar-refractivity contribution in [3.05, 3.63) is 65.7 Å². The van der Waals surface area contributed by atoms with Gasteiger partial charge in [0.2, 0.25) is 0 Å². The van der Waals surface area contributed by atoms with Crippen LogP contribution in [0.4, 0.5) is 0 Å². The van der Waals surface area contributed by atoms with Crippen LogP contribution in [-0.4, -0.2) is 36.3 Å². The van der Waals surface area contributed by atoms with Gasteiger partial charge in [0.25, 0.3) is 5.91 Å². The maximum absolute atomic E-state index is 13.2. The molecule has 1 amide bonds. The molecule has 6 nitrogen and oxygen atoms in total. The second kappa shape index (κ2) is 10.6. The molecule has 2 aromatic rings. The minimum atomic E-state index is -0.312. The molecule has 6 heteroatoms. The Labute approximate surface area is 208 Å². The summed E-state index contributed by atoms with van der Waals surface area (Å²) in [5.41, 5.74) is 3.03. The van der Waals surface area contributed by atoms with E-state index in [0.29, 0.717) is 12.3 Å². The molecular weight excluding hydrogens is 440 g/mol. The van der Waals surface area contributed by atoms with Crippen LogP contribution in [0, 0.1) is 17.3 Å². The fraction of sp³-hybridized carbons (Fsp3) is 0.483. The number of hydrogen-bond acceptors (Lipinski definition) is 5. The van der Waals surface area contributed by atoms with Gasteiger partial charge in [-0.25, -0.2) is 5.01 Å². The van der Waals surface area contributed by atoms with Gasteiger partial charge < -0.3 is 9.47 Å². The van der Waals surface area contributed by atoms with E-state index in [9.17, 15) is 9.59 Å². The number of benzene rings is 2. The first-order valence-corrected chi connectivity index (χ1v) is 12.5. The zero-order valence-electron chi connectivity index (χ0n) is 21.2. The van der Waals surface area contributed by atoms with Gasteiger partial charge in [-0.3, -0.25) is 9.59 Å². The Morgan fingerprint density at radius 3 is 2.23 bits per heavy atom. The molecule has 0 bridgehead atoms. The van der Waals surface area contributed by atoms with Crippen LogP contribution in [0.5, 0.6) is 5.75 Å². The molecule has 1 aliphatic heterocycles. The van der Waals surface area contributed by atoms with Gasteiger partial charge in [0, 0.05) is 6.42 Å². The minimum absolute atomic E-state index is 0.124. The molecule has 186 valence electrons. The van der Waals surface area contributed by atoms with Crippen LogP contribution in [0.1, 0.15) is 70.0 Å². The Bertz CT molecular complexity index is 1050. The molecule has 0 N–H and O–H groups in total. The molecule has 1 aliphatic carbocycles. The maximum atomic E-state index is 13.2. The molecule has 0 aromatic heterocycles. The Hall–Kier alpha value is -3.15. The van der Waals surface area contributed by atoms with E-state index in [2.05, 4.69) is 25.9 Å². The lowest BCUT2D eigenvalue weighted by Crippen LogP contribution is -2.34. The van der Waals surface area contributed by atoms with Crippen molar-refractivity contribution in [2.45, 2.75) is 58.9 Å². The summed E-state index contributed by atoms with van der Waals surface area (Å²) in [7, 11) is 1.63. The van der Waals surface area contributed by atoms with Gasteiger partial charge in [-0.05, 0) is 60.3 Å². The van der Waals surface area contributed by atoms with Gasteiger partial charge in [-0.2, -0.15) is 5.10 Å². The molecule has 1 fully saturated rings. The zero-order valence-corrected chi connectivity index (χ0v) is 21.2. The highest BCUT2D eigenvalue weighted by Gasteiger charge is 2.36. The van der Waals surface area contributed by atoms with Crippen LogP contribution in [0.25, 0.3) is 0 Å². The standard InChI is InChI=1S/C29H36N2O4/c1-29(2,3)23-14-10-22(11-15-23)28(33)35-19-27(32)31-26(21-12-16-24(34-4)17-13-21)18-25(30-31)20-8-6-5-7-9-20/h5-9,12-13,16-17,22-23,26H,10-11,14-15,18-19H2,1-4H3/t22?,23?,26-/m1/s1. The average molecular weight is 477 g/mol. The first kappa shape index (κ1) is 25.0. The number of ether oxygens (including phenoxy) is 2. The van der Waals surface area contributed by atoms with E-state index >= 15 is 0 Å². The third-order valence-corrected chi connectivity index (χ3v) is 7.40. The largest absolute Gasteiger partial charge is 0.497 e. The molecule has 1 atom stereocenters. The highest BCUT2D eigenvalue weighted by molar-refractivity contribution is 6.03. The van der Waals surface area contributed by atoms with Gasteiger partial charge in [0.15, 0.2) is 6.61 Å². The molecule has 1 heterocycles. The lowest BCUT2D eigenvalue weighted by molar-refractivity contribution is -0.157. The predicted molar refractivity (Wildman–Crippen MR) is 136 cm³/mol. The van der Waals surface area contributed by atoms with Crippen LogP contribution in [-0.2, 0) is 14.3 Å². The molecule has 35 heavy (non-hydrogen) atoms. The van der Waals surface area contributed by atoms with Crippen molar-refractivity contribution in [1.82, 2.24) is 5.01 Å². The van der Waals surface area contributed by atoms with Crippen molar-refractivity contribution in [2.75, 3.05) is 13.7 Å². The second-order valence-electron chi connectivity index (χ2n) is 10.7. The summed E-state index contributed by atoms with van der Waals surface area (Å²) in [6, 6.07) is 17.3. The Morgan fingerprint density at radius 2 is 1.63 bits per heavy atom. The Morgan fingerprint density at radius 1 is 0.971 bits per heavy atom. The van der Waals surface area contributed by atoms with Gasteiger partial charge in [0.05, 0.1) is 24.8 Å². The zero-order chi connectivity index (χ0) is 25.0. The number of hydrogen-bond donors (Lipinski definition) is 0. The SMILES string of the molecule is COc1ccc([C@H]2CC(c3ccccc3)=NN2C(=O)COC(=O)C2CCC(C(C)(C)C)CC2)cc1. The smallest absolute Gasteiger partial charge is 0.309 e. The first-order chi connectivity index (χ1) is 16.8. The van der Waals surface area contributed by atoms with Crippen molar-refractivity contribution < 1.29 is 19.1 Å². The first-order valence-electron chi connectivity index (χ1n) is 12.5. The van der Waals surface area contributed by atoms with E-state index in [1.165, 1.54) is 5.01 Å². The van der Waals surface area contributed by atoms with E-state index in [0.717, 1.165) is 48.3 Å². The van der Waals surface area contributed by atoms with E-state index in [-0.39, 0.29) is 35.9 Å². The number of methoxy groups -OCH3 is 1. The van der Waals surface area contributed by atoms with Gasteiger partial charge >= 0.3 is 5.97 Å². The number of carbonyl (C=O) groups excluding carboxylic acids is 2. The van der Waals surface area contributed by atoms with E-state index < -0.39 is 0 Å². The van der Waals surface area contributed by atoms with Crippen LogP contribution >= 0.6 is 0 Å². The lowest BCUT2D eigenvalue weighted by atomic mass is 9.70. The molecule has 0 spiro atoms. The third kappa shape index (κ3) is 5.92. The quantitative estimate of drug-likeness (QED) is 0.497. The number of esters is 1. The summed E-state index contributed by atoms with van der Waals surface area (Å²) in [5, 5.41) is 6.14. The number of amides is 1. The molecule has 0 radical (unpaired) electrons. The fourth-order valence-electron chi connectivity index (χ4n) is 5.14. The van der Waals surface area contributed by atoms with Crippen molar-refractivity contribution in [2.24, 2.45) is 22.4 Å². The summed E-state index contributed by atoms with van der Waals surface area (Å²) in [5.74, 6) is 0.671. The normalized spacial score (nSPS) is 22.5. The van der Waals surface area contributed by atoms with Crippen LogP contribution < -0.4 is 4.74 Å². The Kier molecular flexibility index (Phi) is 7.58. The summed E-state index contributed by atoms with van der Waals surface area (Å²) in [4.78, 5) is 26.0. The molecule has 2 aliphatic rings. The van der Waals surface area contributed by atoms with Crippen molar-refractivity contribution in [1.29, 1.82) is 0 Å². The van der Waals surface area contributed by atoms with Gasteiger partial charge in [0.1, 0.15) is 5.75 Å². The van der Waals surface area contributed by atoms with Crippen molar-refractivity contribution >= 4 is 17.6 Å². The van der Waals surface area contributed by atoms with Crippen molar-refractivity contribution in [3.8, 4) is 5.75 Å². The number of nitrogens with zero attached hydrogens (tertiary/aromatic N) is 2. The molecular formula is C29H36N2O4. The summed E-state index contributed by atoms with van der Waals surface area (Å²) in [6.07, 6.45) is 4.28. The number of carbonyl (C=O) groups is 2. The van der Waals surface area contributed by atoms with Gasteiger partial charge in [-0.1, -0.05) is 63.2 Å². The fourth-order valence-corrected chi connectivity index (χ4v) is 5.14. The van der Waals surface area contributed by atoms with E-state index in [4.69, 9.17) is 9.47 Å². The highest BCUT2D eigenvalue weighted by atomic mass is 16.5. The third-order valence-electron chi connectivity index (χ3n) is 7.40. The second-order valence-corrected chi connectivity index (χ2v) is 10.7. The van der Waals surface area contributed by atoms with E-state index in [1.54, 1.807) is 7.11 Å². The van der Waals surface area contributed by atoms with Crippen LogP contribution in [0.3, 0.4) is 0 Å². The highest BCUT2D eigenvalue weighted by Crippen LogP contribution is 2.40. The van der Waals surface area contributed by atoms with E-state index in [1.807, 2.05) is 54.6 Å². The summed E-state index contributed by atoms with van der Waals surface area (Å²) in [6.45, 7) is 6.48. The van der Waals surface area contributed by atoms with Crippen LogP contribution in [0.2, 0.25) is 0 Å². The summed E-state index contributed by atoms with van der Waals surface area (Å²) >= 11 is 0. The van der Waals surface area contributed by atoms with Crippen LogP contribution in [0.15, 0.2) is 59.7 Å². The number of rotatable bonds is 6. The topological polar surface area (TPSA) is 68.2 Å². The monoisotopic (exact) mass is 476 g/mol. The lowest BCUT2D eigenvalue weighted by Gasteiger charge is -2.36.